The summed E-state index contributed by atoms with van der Waals surface area (Å²) >= 11 is 0. The SMILES string of the molecule is Cc1cccc(C(C)C)c1NC(=O)C1CC(=O)N(CCc2ccccc2F)C1. The Labute approximate surface area is 165 Å². The number of aryl methyl sites for hydroxylation is 1. The lowest BCUT2D eigenvalue weighted by atomic mass is 9.97. The molecule has 1 aliphatic heterocycles. The van der Waals surface area contributed by atoms with Crippen LogP contribution in [0.2, 0.25) is 0 Å². The first kappa shape index (κ1) is 20.1. The number of hydrogen-bond acceptors (Lipinski definition) is 2. The number of hydrogen-bond donors (Lipinski definition) is 1. The van der Waals surface area contributed by atoms with Crippen LogP contribution in [-0.2, 0) is 16.0 Å². The highest BCUT2D eigenvalue weighted by atomic mass is 19.1. The highest BCUT2D eigenvalue weighted by molar-refractivity contribution is 5.98. The average molecular weight is 382 g/mol. The second-order valence-corrected chi connectivity index (χ2v) is 7.77. The fourth-order valence-electron chi connectivity index (χ4n) is 3.69. The van der Waals surface area contributed by atoms with Gasteiger partial charge in [0.1, 0.15) is 5.82 Å². The number of likely N-dealkylation sites (tertiary alicyclic amines) is 1. The predicted octanol–water partition coefficient (Wildman–Crippen LogP) is 4.29. The van der Waals surface area contributed by atoms with Crippen molar-refractivity contribution >= 4 is 17.5 Å². The van der Waals surface area contributed by atoms with Gasteiger partial charge in [-0.15, -0.1) is 0 Å². The number of anilines is 1. The van der Waals surface area contributed by atoms with E-state index in [0.29, 0.717) is 25.1 Å². The molecule has 1 aliphatic rings. The predicted molar refractivity (Wildman–Crippen MR) is 109 cm³/mol. The van der Waals surface area contributed by atoms with E-state index >= 15 is 0 Å². The molecule has 0 aromatic heterocycles. The first-order valence-electron chi connectivity index (χ1n) is 9.78. The Balaban J connectivity index is 1.64. The Morgan fingerprint density at radius 2 is 1.96 bits per heavy atom. The number of carbonyl (C=O) groups excluding carboxylic acids is 2. The number of carbonyl (C=O) groups is 2. The molecule has 4 nitrogen and oxygen atoms in total. The molecule has 0 spiro atoms. The van der Waals surface area contributed by atoms with Crippen LogP contribution in [-0.4, -0.2) is 29.8 Å². The highest BCUT2D eigenvalue weighted by Gasteiger charge is 2.34. The standard InChI is InChI=1S/C23H27FN2O2/c1-15(2)19-9-6-7-16(3)22(19)25-23(28)18-13-21(27)26(14-18)12-11-17-8-4-5-10-20(17)24/h4-10,15,18H,11-14H2,1-3H3,(H,25,28). The van der Waals surface area contributed by atoms with Crippen LogP contribution in [0.15, 0.2) is 42.5 Å². The number of nitrogens with one attached hydrogen (secondary N) is 1. The number of amides is 2. The Bertz CT molecular complexity index is 879. The molecule has 0 radical (unpaired) electrons. The molecule has 28 heavy (non-hydrogen) atoms. The van der Waals surface area contributed by atoms with Gasteiger partial charge in [-0.1, -0.05) is 50.2 Å². The monoisotopic (exact) mass is 382 g/mol. The minimum Gasteiger partial charge on any atom is -0.342 e. The lowest BCUT2D eigenvalue weighted by molar-refractivity contribution is -0.128. The molecule has 148 valence electrons. The summed E-state index contributed by atoms with van der Waals surface area (Å²) in [5.41, 5.74) is 3.54. The molecule has 3 rings (SSSR count). The summed E-state index contributed by atoms with van der Waals surface area (Å²) in [4.78, 5) is 26.8. The zero-order chi connectivity index (χ0) is 20.3. The molecule has 1 fully saturated rings. The molecule has 2 amide bonds. The van der Waals surface area contributed by atoms with Crippen LogP contribution in [0.3, 0.4) is 0 Å². The Morgan fingerprint density at radius 3 is 2.68 bits per heavy atom. The molecule has 2 aromatic carbocycles. The molecule has 1 atom stereocenters. The largest absolute Gasteiger partial charge is 0.342 e. The van der Waals surface area contributed by atoms with E-state index in [1.54, 1.807) is 23.1 Å². The van der Waals surface area contributed by atoms with Gasteiger partial charge in [0.05, 0.1) is 5.92 Å². The molecule has 2 aromatic rings. The molecular weight excluding hydrogens is 355 g/mol. The van der Waals surface area contributed by atoms with E-state index in [4.69, 9.17) is 0 Å². The number of halogens is 1. The molecule has 0 saturated carbocycles. The van der Waals surface area contributed by atoms with E-state index in [1.165, 1.54) is 6.07 Å². The van der Waals surface area contributed by atoms with E-state index in [-0.39, 0.29) is 35.9 Å². The van der Waals surface area contributed by atoms with Gasteiger partial charge in [0.15, 0.2) is 0 Å². The van der Waals surface area contributed by atoms with Gasteiger partial charge in [0.25, 0.3) is 0 Å². The molecule has 0 bridgehead atoms. The summed E-state index contributed by atoms with van der Waals surface area (Å²) in [6, 6.07) is 12.6. The first-order chi connectivity index (χ1) is 13.4. The van der Waals surface area contributed by atoms with Crippen LogP contribution >= 0.6 is 0 Å². The molecule has 1 unspecified atom stereocenters. The maximum absolute atomic E-state index is 13.8. The van der Waals surface area contributed by atoms with Crippen molar-refractivity contribution in [1.82, 2.24) is 4.90 Å². The Hall–Kier alpha value is -2.69. The van der Waals surface area contributed by atoms with Gasteiger partial charge in [-0.2, -0.15) is 0 Å². The fourth-order valence-corrected chi connectivity index (χ4v) is 3.69. The van der Waals surface area contributed by atoms with Crippen molar-refractivity contribution in [2.45, 2.75) is 39.5 Å². The number of rotatable bonds is 6. The lowest BCUT2D eigenvalue weighted by Gasteiger charge is -2.19. The number of benzene rings is 2. The van der Waals surface area contributed by atoms with Gasteiger partial charge in [-0.25, -0.2) is 4.39 Å². The van der Waals surface area contributed by atoms with Crippen molar-refractivity contribution in [2.24, 2.45) is 5.92 Å². The molecule has 5 heteroatoms. The Kier molecular flexibility index (Phi) is 6.12. The number of para-hydroxylation sites is 1. The van der Waals surface area contributed by atoms with Crippen molar-refractivity contribution in [3.8, 4) is 0 Å². The molecule has 1 saturated heterocycles. The van der Waals surface area contributed by atoms with Crippen molar-refractivity contribution in [3.63, 3.8) is 0 Å². The third kappa shape index (κ3) is 4.41. The summed E-state index contributed by atoms with van der Waals surface area (Å²) in [5, 5.41) is 3.05. The second-order valence-electron chi connectivity index (χ2n) is 7.77. The Morgan fingerprint density at radius 1 is 1.21 bits per heavy atom. The van der Waals surface area contributed by atoms with E-state index in [0.717, 1.165) is 16.8 Å². The number of nitrogens with zero attached hydrogens (tertiary/aromatic N) is 1. The third-order valence-corrected chi connectivity index (χ3v) is 5.37. The van der Waals surface area contributed by atoms with Gasteiger partial charge in [-0.05, 0) is 42.0 Å². The van der Waals surface area contributed by atoms with Gasteiger partial charge < -0.3 is 10.2 Å². The van der Waals surface area contributed by atoms with Gasteiger partial charge in [0.2, 0.25) is 11.8 Å². The maximum atomic E-state index is 13.8. The molecular formula is C23H27FN2O2. The first-order valence-corrected chi connectivity index (χ1v) is 9.78. The highest BCUT2D eigenvalue weighted by Crippen LogP contribution is 2.29. The van der Waals surface area contributed by atoms with Crippen LogP contribution in [0.1, 0.15) is 42.9 Å². The van der Waals surface area contributed by atoms with Crippen molar-refractivity contribution < 1.29 is 14.0 Å². The second kappa shape index (κ2) is 8.55. The average Bonchev–Trinajstić information content (AvgIpc) is 3.03. The van der Waals surface area contributed by atoms with Crippen LogP contribution in [0, 0.1) is 18.7 Å². The minimum absolute atomic E-state index is 0.0506. The molecule has 0 aliphatic carbocycles. The minimum atomic E-state index is -0.382. The topological polar surface area (TPSA) is 49.4 Å². The van der Waals surface area contributed by atoms with E-state index in [1.807, 2.05) is 25.1 Å². The van der Waals surface area contributed by atoms with E-state index in [2.05, 4.69) is 19.2 Å². The van der Waals surface area contributed by atoms with E-state index < -0.39 is 0 Å². The zero-order valence-electron chi connectivity index (χ0n) is 16.7. The summed E-state index contributed by atoms with van der Waals surface area (Å²) in [6.45, 7) is 6.96. The summed E-state index contributed by atoms with van der Waals surface area (Å²) < 4.78 is 13.8. The summed E-state index contributed by atoms with van der Waals surface area (Å²) in [7, 11) is 0. The van der Waals surface area contributed by atoms with Crippen molar-refractivity contribution in [3.05, 3.63) is 65.0 Å². The lowest BCUT2D eigenvalue weighted by Crippen LogP contribution is -2.30. The quantitative estimate of drug-likeness (QED) is 0.810. The molecule has 1 heterocycles. The van der Waals surface area contributed by atoms with Crippen LogP contribution in [0.25, 0.3) is 0 Å². The normalized spacial score (nSPS) is 16.7. The summed E-state index contributed by atoms with van der Waals surface area (Å²) in [5.74, 6) is -0.530. The fraction of sp³-hybridized carbons (Fsp3) is 0.391. The van der Waals surface area contributed by atoms with Gasteiger partial charge in [-0.3, -0.25) is 9.59 Å². The smallest absolute Gasteiger partial charge is 0.229 e. The zero-order valence-corrected chi connectivity index (χ0v) is 16.7. The van der Waals surface area contributed by atoms with Gasteiger partial charge in [0, 0.05) is 25.2 Å². The van der Waals surface area contributed by atoms with Crippen LogP contribution in [0.4, 0.5) is 10.1 Å². The summed E-state index contributed by atoms with van der Waals surface area (Å²) in [6.07, 6.45) is 0.647. The molecule has 1 N–H and O–H groups in total. The van der Waals surface area contributed by atoms with Crippen LogP contribution in [0.5, 0.6) is 0 Å². The van der Waals surface area contributed by atoms with Crippen LogP contribution < -0.4 is 5.32 Å². The van der Waals surface area contributed by atoms with Crippen molar-refractivity contribution in [1.29, 1.82) is 0 Å². The third-order valence-electron chi connectivity index (χ3n) is 5.37. The maximum Gasteiger partial charge on any atom is 0.229 e. The van der Waals surface area contributed by atoms with Gasteiger partial charge >= 0.3 is 0 Å². The van der Waals surface area contributed by atoms with Crippen molar-refractivity contribution in [2.75, 3.05) is 18.4 Å². The van der Waals surface area contributed by atoms with E-state index in [9.17, 15) is 14.0 Å².